The van der Waals surface area contributed by atoms with E-state index in [-0.39, 0.29) is 24.3 Å². The van der Waals surface area contributed by atoms with Gasteiger partial charge in [0.05, 0.1) is 30.1 Å². The molecule has 1 heterocycles. The van der Waals surface area contributed by atoms with Gasteiger partial charge < -0.3 is 10.1 Å². The topological polar surface area (TPSA) is 97.4 Å². The molecule has 0 fully saturated rings. The molecule has 0 aliphatic heterocycles. The Balaban J connectivity index is 2.49. The van der Waals surface area contributed by atoms with Crippen molar-refractivity contribution in [1.29, 1.82) is 0 Å². The van der Waals surface area contributed by atoms with Crippen LogP contribution in [0.1, 0.15) is 32.5 Å². The summed E-state index contributed by atoms with van der Waals surface area (Å²) in [7, 11) is -2.11. The van der Waals surface area contributed by atoms with Crippen molar-refractivity contribution in [3.05, 3.63) is 30.1 Å². The first kappa shape index (κ1) is 19.5. The van der Waals surface area contributed by atoms with Crippen LogP contribution in [0.4, 0.5) is 0 Å². The lowest BCUT2D eigenvalue weighted by atomic mass is 10.1. The zero-order chi connectivity index (χ0) is 17.5. The average Bonchev–Trinajstić information content (AvgIpc) is 2.51. The van der Waals surface area contributed by atoms with Gasteiger partial charge in [0.25, 0.3) is 0 Å². The summed E-state index contributed by atoms with van der Waals surface area (Å²) in [5.74, 6) is -0.524. The standard InChI is InChI=1S/C15H25N3O4S/c1-11(2)14(22-4)10-23(20,21)17-9-15(19)18-12(3)13-7-5-6-8-16-13/h5-8,11-12,14,17H,9-10H2,1-4H3,(H,18,19). The van der Waals surface area contributed by atoms with E-state index in [4.69, 9.17) is 4.74 Å². The van der Waals surface area contributed by atoms with Crippen molar-refractivity contribution in [2.75, 3.05) is 19.4 Å². The van der Waals surface area contributed by atoms with Gasteiger partial charge in [-0.1, -0.05) is 19.9 Å². The zero-order valence-corrected chi connectivity index (χ0v) is 14.8. The van der Waals surface area contributed by atoms with Crippen LogP contribution >= 0.6 is 0 Å². The minimum atomic E-state index is -3.58. The molecule has 2 N–H and O–H groups in total. The van der Waals surface area contributed by atoms with Gasteiger partial charge in [-0.3, -0.25) is 9.78 Å². The lowest BCUT2D eigenvalue weighted by Crippen LogP contribution is -2.41. The van der Waals surface area contributed by atoms with E-state index in [2.05, 4.69) is 15.0 Å². The summed E-state index contributed by atoms with van der Waals surface area (Å²) < 4.78 is 31.4. The minimum Gasteiger partial charge on any atom is -0.380 e. The number of nitrogens with zero attached hydrogens (tertiary/aromatic N) is 1. The van der Waals surface area contributed by atoms with Crippen molar-refractivity contribution < 1.29 is 17.9 Å². The highest BCUT2D eigenvalue weighted by molar-refractivity contribution is 7.89. The van der Waals surface area contributed by atoms with Crippen molar-refractivity contribution in [3.63, 3.8) is 0 Å². The molecule has 23 heavy (non-hydrogen) atoms. The van der Waals surface area contributed by atoms with Gasteiger partial charge in [-0.25, -0.2) is 13.1 Å². The van der Waals surface area contributed by atoms with E-state index in [0.717, 1.165) is 0 Å². The number of amides is 1. The second-order valence-corrected chi connectivity index (χ2v) is 7.52. The highest BCUT2D eigenvalue weighted by Gasteiger charge is 2.22. The maximum atomic E-state index is 12.0. The largest absolute Gasteiger partial charge is 0.380 e. The monoisotopic (exact) mass is 343 g/mol. The second-order valence-electron chi connectivity index (χ2n) is 5.66. The molecule has 0 aromatic carbocycles. The van der Waals surface area contributed by atoms with E-state index in [0.29, 0.717) is 5.69 Å². The predicted octanol–water partition coefficient (Wildman–Crippen LogP) is 0.849. The molecule has 8 heteroatoms. The first-order valence-electron chi connectivity index (χ1n) is 7.45. The van der Waals surface area contributed by atoms with E-state index in [1.807, 2.05) is 19.9 Å². The number of hydrogen-bond donors (Lipinski definition) is 2. The van der Waals surface area contributed by atoms with Crippen LogP contribution in [0, 0.1) is 5.92 Å². The molecule has 1 aromatic rings. The number of rotatable bonds is 9. The third kappa shape index (κ3) is 7.06. The van der Waals surface area contributed by atoms with Crippen LogP contribution in [-0.2, 0) is 19.6 Å². The maximum Gasteiger partial charge on any atom is 0.235 e. The normalized spacial score (nSPS) is 14.5. The van der Waals surface area contributed by atoms with Crippen LogP contribution in [0.25, 0.3) is 0 Å². The van der Waals surface area contributed by atoms with E-state index >= 15 is 0 Å². The lowest BCUT2D eigenvalue weighted by molar-refractivity contribution is -0.120. The van der Waals surface area contributed by atoms with Gasteiger partial charge in [0.2, 0.25) is 15.9 Å². The van der Waals surface area contributed by atoms with E-state index in [9.17, 15) is 13.2 Å². The Hall–Kier alpha value is -1.51. The number of carbonyl (C=O) groups excluding carboxylic acids is 1. The van der Waals surface area contributed by atoms with Crippen molar-refractivity contribution in [2.45, 2.75) is 32.9 Å². The molecular weight excluding hydrogens is 318 g/mol. The molecule has 7 nitrogen and oxygen atoms in total. The summed E-state index contributed by atoms with van der Waals surface area (Å²) in [6, 6.07) is 5.11. The first-order chi connectivity index (χ1) is 10.7. The number of aromatic nitrogens is 1. The predicted molar refractivity (Wildman–Crippen MR) is 88.2 cm³/mol. The van der Waals surface area contributed by atoms with Crippen LogP contribution < -0.4 is 10.0 Å². The number of hydrogen-bond acceptors (Lipinski definition) is 5. The molecular formula is C15H25N3O4S. The highest BCUT2D eigenvalue weighted by atomic mass is 32.2. The Bertz CT molecular complexity index is 590. The fraction of sp³-hybridized carbons (Fsp3) is 0.600. The number of nitrogens with one attached hydrogen (secondary N) is 2. The molecule has 1 rings (SSSR count). The fourth-order valence-corrected chi connectivity index (χ4v) is 3.40. The third-order valence-corrected chi connectivity index (χ3v) is 4.74. The molecule has 130 valence electrons. The molecule has 0 aliphatic carbocycles. The Labute approximate surface area is 137 Å². The number of pyridine rings is 1. The van der Waals surface area contributed by atoms with Gasteiger partial charge in [0, 0.05) is 13.3 Å². The molecule has 0 aliphatic rings. The van der Waals surface area contributed by atoms with Gasteiger partial charge in [-0.05, 0) is 25.0 Å². The SMILES string of the molecule is COC(CS(=O)(=O)NCC(=O)NC(C)c1ccccn1)C(C)C. The van der Waals surface area contributed by atoms with Crippen LogP contribution in [0.3, 0.4) is 0 Å². The first-order valence-corrected chi connectivity index (χ1v) is 9.11. The molecule has 0 saturated heterocycles. The molecule has 1 aromatic heterocycles. The van der Waals surface area contributed by atoms with Crippen LogP contribution in [0.5, 0.6) is 0 Å². The molecule has 2 atom stereocenters. The molecule has 0 spiro atoms. The summed E-state index contributed by atoms with van der Waals surface area (Å²) in [6.45, 7) is 5.23. The van der Waals surface area contributed by atoms with Gasteiger partial charge in [-0.15, -0.1) is 0 Å². The van der Waals surface area contributed by atoms with Gasteiger partial charge in [0.15, 0.2) is 0 Å². The number of carbonyl (C=O) groups is 1. The van der Waals surface area contributed by atoms with E-state index in [1.165, 1.54) is 7.11 Å². The van der Waals surface area contributed by atoms with Crippen LogP contribution in [-0.4, -0.2) is 44.8 Å². The smallest absolute Gasteiger partial charge is 0.235 e. The summed E-state index contributed by atoms with van der Waals surface area (Å²) in [6.07, 6.45) is 1.22. The molecule has 1 amide bonds. The zero-order valence-electron chi connectivity index (χ0n) is 13.9. The fourth-order valence-electron chi connectivity index (χ4n) is 1.98. The summed E-state index contributed by atoms with van der Waals surface area (Å²) >= 11 is 0. The Kier molecular flexibility index (Phi) is 7.60. The second kappa shape index (κ2) is 8.95. The van der Waals surface area contributed by atoms with Gasteiger partial charge in [0.1, 0.15) is 0 Å². The number of sulfonamides is 1. The Morgan fingerprint density at radius 3 is 2.52 bits per heavy atom. The van der Waals surface area contributed by atoms with Gasteiger partial charge >= 0.3 is 0 Å². The molecule has 2 unspecified atom stereocenters. The van der Waals surface area contributed by atoms with E-state index < -0.39 is 22.0 Å². The molecule has 0 bridgehead atoms. The summed E-state index contributed by atoms with van der Waals surface area (Å²) in [4.78, 5) is 16.0. The van der Waals surface area contributed by atoms with Gasteiger partial charge in [-0.2, -0.15) is 0 Å². The van der Waals surface area contributed by atoms with Crippen molar-refractivity contribution >= 4 is 15.9 Å². The quantitative estimate of drug-likeness (QED) is 0.693. The van der Waals surface area contributed by atoms with Crippen LogP contribution in [0.15, 0.2) is 24.4 Å². The van der Waals surface area contributed by atoms with Crippen molar-refractivity contribution in [2.24, 2.45) is 5.92 Å². The molecule has 0 saturated carbocycles. The Morgan fingerprint density at radius 2 is 2.00 bits per heavy atom. The van der Waals surface area contributed by atoms with Crippen molar-refractivity contribution in [3.8, 4) is 0 Å². The third-order valence-electron chi connectivity index (χ3n) is 3.39. The average molecular weight is 343 g/mol. The van der Waals surface area contributed by atoms with Crippen LogP contribution in [0.2, 0.25) is 0 Å². The maximum absolute atomic E-state index is 12.0. The summed E-state index contributed by atoms with van der Waals surface area (Å²) in [5.41, 5.74) is 0.711. The minimum absolute atomic E-state index is 0.0644. The Morgan fingerprint density at radius 1 is 1.30 bits per heavy atom. The van der Waals surface area contributed by atoms with Crippen molar-refractivity contribution in [1.82, 2.24) is 15.0 Å². The number of ether oxygens (including phenoxy) is 1. The van der Waals surface area contributed by atoms with E-state index in [1.54, 1.807) is 25.3 Å². The highest BCUT2D eigenvalue weighted by Crippen LogP contribution is 2.08. The lowest BCUT2D eigenvalue weighted by Gasteiger charge is -2.19. The molecule has 0 radical (unpaired) electrons. The number of methoxy groups -OCH3 is 1. The summed E-state index contributed by atoms with van der Waals surface area (Å²) in [5, 5.41) is 2.70.